The standard InChI is InChI=1S/C17H21N5OS/c1-9(2)15(23)22-7-6-11-8-12(4-5-13(11)22)14-10(3)24-17(20-14)21-16(18)19/h4-5,8-9H,6-7H2,1-3H3,(H4,18,19,20,21). The highest BCUT2D eigenvalue weighted by Crippen LogP contribution is 2.36. The van der Waals surface area contributed by atoms with Gasteiger partial charge in [-0.2, -0.15) is 4.99 Å². The Labute approximate surface area is 145 Å². The maximum Gasteiger partial charge on any atom is 0.229 e. The molecule has 0 unspecified atom stereocenters. The Balaban J connectivity index is 1.95. The van der Waals surface area contributed by atoms with Crippen LogP contribution in [0.4, 0.5) is 10.8 Å². The number of nitrogens with two attached hydrogens (primary N) is 2. The normalized spacial score (nSPS) is 13.2. The summed E-state index contributed by atoms with van der Waals surface area (Å²) in [4.78, 5) is 23.8. The van der Waals surface area contributed by atoms with Crippen LogP contribution in [0.25, 0.3) is 11.3 Å². The van der Waals surface area contributed by atoms with Crippen LogP contribution in [0, 0.1) is 12.8 Å². The minimum absolute atomic E-state index is 0.00134. The van der Waals surface area contributed by atoms with Gasteiger partial charge in [0.2, 0.25) is 11.0 Å². The average Bonchev–Trinajstić information content (AvgIpc) is 3.08. The summed E-state index contributed by atoms with van der Waals surface area (Å²) in [5, 5.41) is 0.555. The Bertz CT molecular complexity index is 820. The fraction of sp³-hybridized carbons (Fsp3) is 0.353. The summed E-state index contributed by atoms with van der Waals surface area (Å²) >= 11 is 1.46. The van der Waals surface area contributed by atoms with Gasteiger partial charge in [-0.25, -0.2) is 4.98 Å². The summed E-state index contributed by atoms with van der Waals surface area (Å²) in [6.45, 7) is 6.60. The number of amides is 1. The third-order valence-electron chi connectivity index (χ3n) is 4.02. The molecule has 0 bridgehead atoms. The molecule has 1 aliphatic rings. The Morgan fingerprint density at radius 1 is 1.38 bits per heavy atom. The number of nitrogens with zero attached hydrogens (tertiary/aromatic N) is 3. The van der Waals surface area contributed by atoms with Crippen molar-refractivity contribution in [2.75, 3.05) is 11.4 Å². The molecule has 2 aromatic rings. The minimum atomic E-state index is -0.00134. The summed E-state index contributed by atoms with van der Waals surface area (Å²) in [5.41, 5.74) is 14.9. The molecule has 126 valence electrons. The van der Waals surface area contributed by atoms with Gasteiger partial charge in [0, 0.05) is 28.6 Å². The fourth-order valence-corrected chi connectivity index (χ4v) is 3.72. The van der Waals surface area contributed by atoms with E-state index in [2.05, 4.69) is 16.0 Å². The summed E-state index contributed by atoms with van der Waals surface area (Å²) < 4.78 is 0. The van der Waals surface area contributed by atoms with E-state index >= 15 is 0 Å². The number of guanidine groups is 1. The van der Waals surface area contributed by atoms with Crippen molar-refractivity contribution in [3.8, 4) is 11.3 Å². The fourth-order valence-electron chi connectivity index (χ4n) is 2.90. The van der Waals surface area contributed by atoms with E-state index < -0.39 is 0 Å². The van der Waals surface area contributed by atoms with Gasteiger partial charge in [0.1, 0.15) is 0 Å². The summed E-state index contributed by atoms with van der Waals surface area (Å²) in [7, 11) is 0. The van der Waals surface area contributed by atoms with Crippen molar-refractivity contribution < 1.29 is 4.79 Å². The maximum atomic E-state index is 12.3. The molecule has 0 spiro atoms. The number of carbonyl (C=O) groups excluding carboxylic acids is 1. The number of hydrogen-bond acceptors (Lipinski definition) is 4. The first-order chi connectivity index (χ1) is 11.4. The van der Waals surface area contributed by atoms with E-state index in [-0.39, 0.29) is 17.8 Å². The van der Waals surface area contributed by atoms with Crippen LogP contribution in [-0.4, -0.2) is 23.4 Å². The molecular weight excluding hydrogens is 322 g/mol. The van der Waals surface area contributed by atoms with Gasteiger partial charge in [0.15, 0.2) is 5.96 Å². The second-order valence-corrected chi connectivity index (χ2v) is 7.36. The van der Waals surface area contributed by atoms with Crippen molar-refractivity contribution >= 4 is 34.0 Å². The van der Waals surface area contributed by atoms with Crippen LogP contribution in [0.5, 0.6) is 0 Å². The Kier molecular flexibility index (Phi) is 4.28. The lowest BCUT2D eigenvalue weighted by molar-refractivity contribution is -0.121. The van der Waals surface area contributed by atoms with Crippen LogP contribution in [-0.2, 0) is 11.2 Å². The molecule has 1 aromatic carbocycles. The molecule has 1 aromatic heterocycles. The number of benzene rings is 1. The lowest BCUT2D eigenvalue weighted by atomic mass is 10.1. The van der Waals surface area contributed by atoms with Crippen LogP contribution < -0.4 is 16.4 Å². The number of carbonyl (C=O) groups is 1. The number of thiazole rings is 1. The molecule has 7 heteroatoms. The molecule has 0 saturated heterocycles. The van der Waals surface area contributed by atoms with Crippen LogP contribution >= 0.6 is 11.3 Å². The minimum Gasteiger partial charge on any atom is -0.370 e. The quantitative estimate of drug-likeness (QED) is 0.661. The van der Waals surface area contributed by atoms with E-state index in [0.717, 1.165) is 34.8 Å². The second-order valence-electron chi connectivity index (χ2n) is 6.18. The number of fused-ring (bicyclic) bond motifs is 1. The Morgan fingerprint density at radius 2 is 2.12 bits per heavy atom. The predicted molar refractivity (Wildman–Crippen MR) is 98.7 cm³/mol. The number of aliphatic imine (C=N–C) groups is 1. The topological polar surface area (TPSA) is 97.6 Å². The van der Waals surface area contributed by atoms with Crippen LogP contribution in [0.2, 0.25) is 0 Å². The summed E-state index contributed by atoms with van der Waals surface area (Å²) in [5.74, 6) is 0.173. The van der Waals surface area contributed by atoms with Crippen LogP contribution in [0.15, 0.2) is 23.2 Å². The molecule has 2 heterocycles. The van der Waals surface area contributed by atoms with Gasteiger partial charge in [-0.3, -0.25) is 4.79 Å². The molecule has 1 amide bonds. The first-order valence-corrected chi connectivity index (χ1v) is 8.70. The van der Waals surface area contributed by atoms with Crippen molar-refractivity contribution in [1.82, 2.24) is 4.98 Å². The Morgan fingerprint density at radius 3 is 2.79 bits per heavy atom. The van der Waals surface area contributed by atoms with E-state index in [1.165, 1.54) is 16.9 Å². The molecule has 4 N–H and O–H groups in total. The Hall–Kier alpha value is -2.41. The lowest BCUT2D eigenvalue weighted by Crippen LogP contribution is -2.32. The highest BCUT2D eigenvalue weighted by atomic mass is 32.1. The summed E-state index contributed by atoms with van der Waals surface area (Å²) in [6, 6.07) is 6.13. The van der Waals surface area contributed by atoms with Crippen molar-refractivity contribution in [1.29, 1.82) is 0 Å². The molecule has 24 heavy (non-hydrogen) atoms. The van der Waals surface area contributed by atoms with Crippen LogP contribution in [0.1, 0.15) is 24.3 Å². The number of rotatable bonds is 3. The van der Waals surface area contributed by atoms with Gasteiger partial charge in [-0.05, 0) is 31.0 Å². The van der Waals surface area contributed by atoms with Crippen molar-refractivity contribution in [3.05, 3.63) is 28.6 Å². The number of anilines is 1. The zero-order valence-electron chi connectivity index (χ0n) is 14.0. The second kappa shape index (κ2) is 6.24. The predicted octanol–water partition coefficient (Wildman–Crippen LogP) is 2.57. The molecule has 0 fully saturated rings. The van der Waals surface area contributed by atoms with E-state index in [1.807, 2.05) is 37.8 Å². The van der Waals surface area contributed by atoms with Gasteiger partial charge in [-0.1, -0.05) is 31.3 Å². The monoisotopic (exact) mass is 343 g/mol. The SMILES string of the molecule is Cc1sc(N=C(N)N)nc1-c1ccc2c(c1)CCN2C(=O)C(C)C. The lowest BCUT2D eigenvalue weighted by Gasteiger charge is -2.19. The molecule has 0 saturated carbocycles. The number of aryl methyl sites for hydroxylation is 1. The van der Waals surface area contributed by atoms with Gasteiger partial charge in [-0.15, -0.1) is 0 Å². The van der Waals surface area contributed by atoms with E-state index in [1.54, 1.807) is 0 Å². The van der Waals surface area contributed by atoms with Gasteiger partial charge in [0.05, 0.1) is 5.69 Å². The highest BCUT2D eigenvalue weighted by molar-refractivity contribution is 7.15. The molecule has 3 rings (SSSR count). The third kappa shape index (κ3) is 2.99. The van der Waals surface area contributed by atoms with Crippen molar-refractivity contribution in [2.24, 2.45) is 22.4 Å². The van der Waals surface area contributed by atoms with Gasteiger partial charge >= 0.3 is 0 Å². The largest absolute Gasteiger partial charge is 0.370 e. The first-order valence-electron chi connectivity index (χ1n) is 7.88. The van der Waals surface area contributed by atoms with E-state index in [0.29, 0.717) is 5.13 Å². The molecule has 0 atom stereocenters. The van der Waals surface area contributed by atoms with Crippen molar-refractivity contribution in [3.63, 3.8) is 0 Å². The smallest absolute Gasteiger partial charge is 0.229 e. The molecule has 0 radical (unpaired) electrons. The molecule has 0 aliphatic carbocycles. The number of aromatic nitrogens is 1. The van der Waals surface area contributed by atoms with E-state index in [4.69, 9.17) is 11.5 Å². The van der Waals surface area contributed by atoms with E-state index in [9.17, 15) is 4.79 Å². The van der Waals surface area contributed by atoms with Crippen molar-refractivity contribution in [2.45, 2.75) is 27.2 Å². The van der Waals surface area contributed by atoms with Gasteiger partial charge in [0.25, 0.3) is 0 Å². The van der Waals surface area contributed by atoms with Crippen LogP contribution in [0.3, 0.4) is 0 Å². The zero-order chi connectivity index (χ0) is 17.4. The highest BCUT2D eigenvalue weighted by Gasteiger charge is 2.26. The maximum absolute atomic E-state index is 12.3. The zero-order valence-corrected chi connectivity index (χ0v) is 14.9. The third-order valence-corrected chi connectivity index (χ3v) is 4.88. The molecule has 6 nitrogen and oxygen atoms in total. The molecular formula is C17H21N5OS. The van der Waals surface area contributed by atoms with Gasteiger partial charge < -0.3 is 16.4 Å². The first kappa shape index (κ1) is 16.4. The molecule has 1 aliphatic heterocycles. The summed E-state index contributed by atoms with van der Waals surface area (Å²) in [6.07, 6.45) is 0.867. The average molecular weight is 343 g/mol. The number of hydrogen-bond donors (Lipinski definition) is 2.